The van der Waals surface area contributed by atoms with Gasteiger partial charge in [0.15, 0.2) is 0 Å². The van der Waals surface area contributed by atoms with Gasteiger partial charge in [-0.25, -0.2) is 4.79 Å². The van der Waals surface area contributed by atoms with Crippen molar-refractivity contribution >= 4 is 23.5 Å². The van der Waals surface area contributed by atoms with E-state index in [1.54, 1.807) is 0 Å². The van der Waals surface area contributed by atoms with Crippen molar-refractivity contribution in [3.05, 3.63) is 0 Å². The number of nitrogens with zero attached hydrogens (tertiary/aromatic N) is 1. The summed E-state index contributed by atoms with van der Waals surface area (Å²) in [5.41, 5.74) is 0. The summed E-state index contributed by atoms with van der Waals surface area (Å²) in [6.45, 7) is 7.02. The van der Waals surface area contributed by atoms with Crippen LogP contribution < -0.4 is 10.6 Å². The molecule has 3 amide bonds. The van der Waals surface area contributed by atoms with Crippen molar-refractivity contribution in [1.82, 2.24) is 15.5 Å². The second-order valence-electron chi connectivity index (χ2n) is 4.64. The van der Waals surface area contributed by atoms with Crippen molar-refractivity contribution in [3.8, 4) is 0 Å². The maximum atomic E-state index is 11.3. The minimum Gasteiger partial charge on any atom is -0.337 e. The van der Waals surface area contributed by atoms with E-state index in [1.807, 2.05) is 0 Å². The molecular formula is C11H20ClN3O2. The lowest BCUT2D eigenvalue weighted by Crippen LogP contribution is -2.42. The predicted molar refractivity (Wildman–Crippen MR) is 67.1 cm³/mol. The van der Waals surface area contributed by atoms with Gasteiger partial charge in [-0.1, -0.05) is 0 Å². The number of hydrogen-bond acceptors (Lipinski definition) is 3. The van der Waals surface area contributed by atoms with Crippen LogP contribution in [0.25, 0.3) is 0 Å². The number of carbonyl (C=O) groups is 2. The molecule has 1 unspecified atom stereocenters. The quantitative estimate of drug-likeness (QED) is 0.736. The number of rotatable bonds is 4. The van der Waals surface area contributed by atoms with Gasteiger partial charge in [-0.2, -0.15) is 0 Å². The third-order valence-corrected chi connectivity index (χ3v) is 3.22. The Balaban J connectivity index is 2.19. The topological polar surface area (TPSA) is 61.4 Å². The normalized spacial score (nSPS) is 20.6. The van der Waals surface area contributed by atoms with E-state index in [1.165, 1.54) is 0 Å². The molecule has 0 aliphatic carbocycles. The molecule has 0 radical (unpaired) electrons. The molecule has 0 saturated carbocycles. The smallest absolute Gasteiger partial charge is 0.321 e. The summed E-state index contributed by atoms with van der Waals surface area (Å²) >= 11 is 5.28. The summed E-state index contributed by atoms with van der Waals surface area (Å²) in [6, 6.07) is 0.0882. The molecule has 0 bridgehead atoms. The molecule has 5 nitrogen and oxygen atoms in total. The number of nitrogens with one attached hydrogen (secondary N) is 2. The van der Waals surface area contributed by atoms with Crippen molar-refractivity contribution in [2.45, 2.75) is 26.3 Å². The summed E-state index contributed by atoms with van der Waals surface area (Å²) in [4.78, 5) is 24.5. The lowest BCUT2D eigenvalue weighted by Gasteiger charge is -2.20. The van der Waals surface area contributed by atoms with Crippen LogP contribution >= 0.6 is 11.6 Å². The molecule has 1 fully saturated rings. The van der Waals surface area contributed by atoms with E-state index in [9.17, 15) is 9.59 Å². The number of urea groups is 1. The summed E-state index contributed by atoms with van der Waals surface area (Å²) in [7, 11) is 0. The average Bonchev–Trinajstić information content (AvgIpc) is 2.75. The van der Waals surface area contributed by atoms with E-state index in [2.05, 4.69) is 29.4 Å². The zero-order valence-electron chi connectivity index (χ0n) is 10.3. The first-order valence-electron chi connectivity index (χ1n) is 5.90. The van der Waals surface area contributed by atoms with Gasteiger partial charge in [0.05, 0.1) is 0 Å². The molecule has 1 saturated heterocycles. The van der Waals surface area contributed by atoms with E-state index in [-0.39, 0.29) is 5.88 Å². The molecule has 2 N–H and O–H groups in total. The first-order valence-corrected chi connectivity index (χ1v) is 6.44. The molecular weight excluding hydrogens is 242 g/mol. The fourth-order valence-electron chi connectivity index (χ4n) is 1.94. The van der Waals surface area contributed by atoms with Crippen molar-refractivity contribution in [2.24, 2.45) is 5.92 Å². The summed E-state index contributed by atoms with van der Waals surface area (Å²) in [6.07, 6.45) is 1.09. The minimum absolute atomic E-state index is 0.196. The molecule has 98 valence electrons. The highest BCUT2D eigenvalue weighted by atomic mass is 35.5. The number of halogens is 1. The number of amides is 3. The Labute approximate surface area is 107 Å². The van der Waals surface area contributed by atoms with E-state index in [0.717, 1.165) is 19.5 Å². The van der Waals surface area contributed by atoms with Crippen LogP contribution in [-0.4, -0.2) is 48.4 Å². The van der Waals surface area contributed by atoms with Crippen LogP contribution in [0.1, 0.15) is 20.3 Å². The summed E-state index contributed by atoms with van der Waals surface area (Å²) < 4.78 is 0. The third-order valence-electron chi connectivity index (χ3n) is 2.97. The van der Waals surface area contributed by atoms with Crippen molar-refractivity contribution in [3.63, 3.8) is 0 Å². The zero-order chi connectivity index (χ0) is 12.8. The number of imide groups is 1. The number of alkyl halides is 1. The molecule has 1 atom stereocenters. The summed E-state index contributed by atoms with van der Waals surface area (Å²) in [5, 5.41) is 4.85. The van der Waals surface area contributed by atoms with Gasteiger partial charge in [0.25, 0.3) is 0 Å². The third kappa shape index (κ3) is 4.91. The number of likely N-dealkylation sites (tertiary alicyclic amines) is 1. The van der Waals surface area contributed by atoms with Crippen molar-refractivity contribution < 1.29 is 9.59 Å². The lowest BCUT2D eigenvalue weighted by molar-refractivity contribution is -0.117. The van der Waals surface area contributed by atoms with Crippen LogP contribution in [0.3, 0.4) is 0 Å². The Morgan fingerprint density at radius 3 is 2.71 bits per heavy atom. The highest BCUT2D eigenvalue weighted by molar-refractivity contribution is 6.28. The lowest BCUT2D eigenvalue weighted by atomic mass is 10.1. The fourth-order valence-corrected chi connectivity index (χ4v) is 2.01. The van der Waals surface area contributed by atoms with E-state index < -0.39 is 11.9 Å². The first-order chi connectivity index (χ1) is 8.02. The molecule has 17 heavy (non-hydrogen) atoms. The molecule has 1 aliphatic heterocycles. The molecule has 0 spiro atoms. The Morgan fingerprint density at radius 2 is 2.18 bits per heavy atom. The van der Waals surface area contributed by atoms with Gasteiger partial charge in [-0.05, 0) is 32.7 Å². The monoisotopic (exact) mass is 261 g/mol. The van der Waals surface area contributed by atoms with Gasteiger partial charge < -0.3 is 10.2 Å². The largest absolute Gasteiger partial charge is 0.337 e. The van der Waals surface area contributed by atoms with Crippen LogP contribution in [0.5, 0.6) is 0 Å². The van der Waals surface area contributed by atoms with Crippen LogP contribution in [0.2, 0.25) is 0 Å². The molecule has 0 aromatic heterocycles. The van der Waals surface area contributed by atoms with Crippen LogP contribution in [0.15, 0.2) is 0 Å². The van der Waals surface area contributed by atoms with Gasteiger partial charge in [-0.3, -0.25) is 10.1 Å². The van der Waals surface area contributed by atoms with E-state index >= 15 is 0 Å². The zero-order valence-corrected chi connectivity index (χ0v) is 11.1. The highest BCUT2D eigenvalue weighted by Crippen LogP contribution is 2.17. The molecule has 0 aromatic rings. The minimum atomic E-state index is -0.473. The van der Waals surface area contributed by atoms with Gasteiger partial charge >= 0.3 is 6.03 Å². The average molecular weight is 262 g/mol. The molecule has 0 aromatic carbocycles. The Hall–Kier alpha value is -0.810. The molecule has 6 heteroatoms. The SMILES string of the molecule is CC(C)N1CCC(CNC(=O)NC(=O)CCl)C1. The predicted octanol–water partition coefficient (Wildman–Crippen LogP) is 0.781. The second kappa shape index (κ2) is 6.81. The first kappa shape index (κ1) is 14.3. The standard InChI is InChI=1S/C11H20ClN3O2/c1-8(2)15-4-3-9(7-15)6-13-11(17)14-10(16)5-12/h8-9H,3-7H2,1-2H3,(H2,13,14,16,17). The van der Waals surface area contributed by atoms with E-state index in [0.29, 0.717) is 18.5 Å². The van der Waals surface area contributed by atoms with Crippen LogP contribution in [-0.2, 0) is 4.79 Å². The molecule has 1 rings (SSSR count). The van der Waals surface area contributed by atoms with Crippen LogP contribution in [0, 0.1) is 5.92 Å². The molecule has 1 heterocycles. The van der Waals surface area contributed by atoms with Gasteiger partial charge in [0.2, 0.25) is 5.91 Å². The highest BCUT2D eigenvalue weighted by Gasteiger charge is 2.24. The van der Waals surface area contributed by atoms with Crippen LogP contribution in [0.4, 0.5) is 4.79 Å². The Morgan fingerprint density at radius 1 is 1.47 bits per heavy atom. The van der Waals surface area contributed by atoms with Gasteiger partial charge in [-0.15, -0.1) is 11.6 Å². The van der Waals surface area contributed by atoms with Crippen molar-refractivity contribution in [2.75, 3.05) is 25.5 Å². The fraction of sp³-hybridized carbons (Fsp3) is 0.818. The van der Waals surface area contributed by atoms with Gasteiger partial charge in [0, 0.05) is 19.1 Å². The summed E-state index contributed by atoms with van der Waals surface area (Å²) in [5.74, 6) is -0.202. The van der Waals surface area contributed by atoms with E-state index in [4.69, 9.17) is 11.6 Å². The Bertz CT molecular complexity index is 284. The number of carbonyl (C=O) groups excluding carboxylic acids is 2. The second-order valence-corrected chi connectivity index (χ2v) is 4.90. The molecule has 1 aliphatic rings. The maximum absolute atomic E-state index is 11.3. The number of hydrogen-bond donors (Lipinski definition) is 2. The van der Waals surface area contributed by atoms with Crippen molar-refractivity contribution in [1.29, 1.82) is 0 Å². The maximum Gasteiger partial charge on any atom is 0.321 e. The Kier molecular flexibility index (Phi) is 5.71. The van der Waals surface area contributed by atoms with Gasteiger partial charge in [0.1, 0.15) is 5.88 Å².